The number of amides is 1. The number of piperazine rings is 1. The highest BCUT2D eigenvalue weighted by Crippen LogP contribution is 2.19. The van der Waals surface area contributed by atoms with Crippen LogP contribution in [0.1, 0.15) is 30.8 Å². The van der Waals surface area contributed by atoms with Gasteiger partial charge in [-0.3, -0.25) is 9.69 Å². The highest BCUT2D eigenvalue weighted by molar-refractivity contribution is 5.92. The number of likely N-dealkylation sites (tertiary alicyclic amines) is 1. The van der Waals surface area contributed by atoms with Crippen LogP contribution in [0, 0.1) is 0 Å². The molecule has 1 aromatic rings. The monoisotopic (exact) mass is 306 g/mol. The maximum Gasteiger partial charge on any atom is 0.276 e. The summed E-state index contributed by atoms with van der Waals surface area (Å²) in [4.78, 5) is 21.0. The van der Waals surface area contributed by atoms with Crippen molar-refractivity contribution in [1.82, 2.24) is 29.7 Å². The van der Waals surface area contributed by atoms with Crippen molar-refractivity contribution in [2.75, 3.05) is 45.8 Å². The van der Waals surface area contributed by atoms with Gasteiger partial charge in [0.15, 0.2) is 5.69 Å². The largest absolute Gasteiger partial charge is 0.336 e. The molecule has 2 aliphatic rings. The third kappa shape index (κ3) is 3.15. The molecule has 0 aliphatic carbocycles. The fraction of sp³-hybridized carbons (Fsp3) is 0.800. The van der Waals surface area contributed by atoms with Gasteiger partial charge in [-0.05, 0) is 19.9 Å². The van der Waals surface area contributed by atoms with Gasteiger partial charge in [0.2, 0.25) is 0 Å². The second-order valence-corrected chi connectivity index (χ2v) is 6.08. The minimum atomic E-state index is 0.0226. The Labute approximate surface area is 131 Å². The van der Waals surface area contributed by atoms with Crippen molar-refractivity contribution in [1.29, 1.82) is 0 Å². The lowest BCUT2D eigenvalue weighted by Gasteiger charge is -2.37. The van der Waals surface area contributed by atoms with E-state index in [-0.39, 0.29) is 5.91 Å². The van der Waals surface area contributed by atoms with E-state index in [1.807, 2.05) is 11.8 Å². The van der Waals surface area contributed by atoms with Crippen molar-refractivity contribution in [3.63, 3.8) is 0 Å². The van der Waals surface area contributed by atoms with Gasteiger partial charge in [0.25, 0.3) is 5.91 Å². The molecule has 22 heavy (non-hydrogen) atoms. The zero-order valence-corrected chi connectivity index (χ0v) is 13.6. The molecule has 2 fully saturated rings. The first kappa shape index (κ1) is 15.4. The molecule has 122 valence electrons. The lowest BCUT2D eigenvalue weighted by Crippen LogP contribution is -2.51. The van der Waals surface area contributed by atoms with E-state index < -0.39 is 0 Å². The zero-order valence-electron chi connectivity index (χ0n) is 13.6. The van der Waals surface area contributed by atoms with E-state index in [2.05, 4.69) is 26.9 Å². The minimum absolute atomic E-state index is 0.0226. The summed E-state index contributed by atoms with van der Waals surface area (Å²) in [5.41, 5.74) is 0.471. The molecule has 7 heteroatoms. The van der Waals surface area contributed by atoms with E-state index in [0.29, 0.717) is 18.3 Å². The SMILES string of the molecule is CCN1CCN(C2CCN(C(=O)c3cnn(CC)n3)C2)CC1. The first-order valence-corrected chi connectivity index (χ1v) is 8.37. The van der Waals surface area contributed by atoms with Crippen molar-refractivity contribution in [2.45, 2.75) is 32.9 Å². The number of carbonyl (C=O) groups is 1. The molecule has 2 aliphatic heterocycles. The first-order chi connectivity index (χ1) is 10.7. The van der Waals surface area contributed by atoms with Crippen molar-refractivity contribution in [3.8, 4) is 0 Å². The Kier molecular flexibility index (Phi) is 4.73. The normalized spacial score (nSPS) is 24.1. The smallest absolute Gasteiger partial charge is 0.276 e. The standard InChI is InChI=1S/C15H26N6O/c1-3-18-7-9-19(10-8-18)13-5-6-20(12-13)15(22)14-11-16-21(4-2)17-14/h11,13H,3-10,12H2,1-2H3. The zero-order chi connectivity index (χ0) is 15.5. The van der Waals surface area contributed by atoms with Crippen LogP contribution in [0.25, 0.3) is 0 Å². The van der Waals surface area contributed by atoms with Gasteiger partial charge in [0.05, 0.1) is 12.7 Å². The lowest BCUT2D eigenvalue weighted by atomic mass is 10.2. The third-order valence-corrected chi connectivity index (χ3v) is 4.86. The molecule has 7 nitrogen and oxygen atoms in total. The van der Waals surface area contributed by atoms with Crippen molar-refractivity contribution in [2.24, 2.45) is 0 Å². The van der Waals surface area contributed by atoms with E-state index in [4.69, 9.17) is 0 Å². The topological polar surface area (TPSA) is 57.5 Å². The highest BCUT2D eigenvalue weighted by Gasteiger charge is 2.33. The van der Waals surface area contributed by atoms with Crippen LogP contribution >= 0.6 is 0 Å². The summed E-state index contributed by atoms with van der Waals surface area (Å²) in [6.07, 6.45) is 2.65. The molecular weight excluding hydrogens is 280 g/mol. The summed E-state index contributed by atoms with van der Waals surface area (Å²) in [7, 11) is 0. The maximum atomic E-state index is 12.5. The molecule has 2 saturated heterocycles. The molecule has 1 unspecified atom stereocenters. The number of likely N-dealkylation sites (N-methyl/N-ethyl adjacent to an activating group) is 1. The summed E-state index contributed by atoms with van der Waals surface area (Å²) in [5.74, 6) is 0.0226. The predicted octanol–water partition coefficient (Wildman–Crippen LogP) is 0.150. The lowest BCUT2D eigenvalue weighted by molar-refractivity contribution is 0.0739. The number of carbonyl (C=O) groups excluding carboxylic acids is 1. The van der Waals surface area contributed by atoms with Crippen LogP contribution in [-0.4, -0.2) is 87.5 Å². The van der Waals surface area contributed by atoms with Gasteiger partial charge in [-0.25, -0.2) is 0 Å². The Morgan fingerprint density at radius 2 is 1.95 bits per heavy atom. The van der Waals surface area contributed by atoms with Crippen molar-refractivity contribution < 1.29 is 4.79 Å². The molecule has 0 bridgehead atoms. The van der Waals surface area contributed by atoms with Gasteiger partial charge >= 0.3 is 0 Å². The molecule has 3 heterocycles. The molecule has 0 N–H and O–H groups in total. The highest BCUT2D eigenvalue weighted by atomic mass is 16.2. The van der Waals surface area contributed by atoms with Gasteiger partial charge in [-0.1, -0.05) is 6.92 Å². The van der Waals surface area contributed by atoms with E-state index in [9.17, 15) is 4.79 Å². The summed E-state index contributed by atoms with van der Waals surface area (Å²) in [6.45, 7) is 12.2. The van der Waals surface area contributed by atoms with Gasteiger partial charge in [0.1, 0.15) is 0 Å². The van der Waals surface area contributed by atoms with Crippen LogP contribution in [0.5, 0.6) is 0 Å². The van der Waals surface area contributed by atoms with Crippen molar-refractivity contribution in [3.05, 3.63) is 11.9 Å². The summed E-state index contributed by atoms with van der Waals surface area (Å²) in [5, 5.41) is 8.32. The quantitative estimate of drug-likeness (QED) is 0.792. The number of aromatic nitrogens is 3. The third-order valence-electron chi connectivity index (χ3n) is 4.86. The Balaban J connectivity index is 1.54. The molecule has 3 rings (SSSR count). The van der Waals surface area contributed by atoms with Crippen LogP contribution < -0.4 is 0 Å². The van der Waals surface area contributed by atoms with Crippen LogP contribution in [0.4, 0.5) is 0 Å². The summed E-state index contributed by atoms with van der Waals surface area (Å²) >= 11 is 0. The average Bonchev–Trinajstić information content (AvgIpc) is 3.23. The van der Waals surface area contributed by atoms with Crippen LogP contribution in [0.3, 0.4) is 0 Å². The van der Waals surface area contributed by atoms with E-state index >= 15 is 0 Å². The Morgan fingerprint density at radius 3 is 2.59 bits per heavy atom. The molecule has 0 radical (unpaired) electrons. The van der Waals surface area contributed by atoms with E-state index in [1.165, 1.54) is 0 Å². The predicted molar refractivity (Wildman–Crippen MR) is 83.7 cm³/mol. The van der Waals surface area contributed by atoms with Crippen LogP contribution in [-0.2, 0) is 6.54 Å². The number of nitrogens with zero attached hydrogens (tertiary/aromatic N) is 6. The van der Waals surface area contributed by atoms with Crippen LogP contribution in [0.2, 0.25) is 0 Å². The van der Waals surface area contributed by atoms with Gasteiger partial charge < -0.3 is 9.80 Å². The number of hydrogen-bond donors (Lipinski definition) is 0. The van der Waals surface area contributed by atoms with Gasteiger partial charge in [-0.2, -0.15) is 9.90 Å². The van der Waals surface area contributed by atoms with Gasteiger partial charge in [0, 0.05) is 45.3 Å². The molecule has 0 saturated carbocycles. The fourth-order valence-corrected chi connectivity index (χ4v) is 3.38. The number of aryl methyl sites for hydroxylation is 1. The Bertz CT molecular complexity index is 508. The minimum Gasteiger partial charge on any atom is -0.336 e. The summed E-state index contributed by atoms with van der Waals surface area (Å²) < 4.78 is 0. The van der Waals surface area contributed by atoms with Gasteiger partial charge in [-0.15, -0.1) is 5.10 Å². The van der Waals surface area contributed by atoms with E-state index in [0.717, 1.165) is 52.2 Å². The molecule has 0 spiro atoms. The fourth-order valence-electron chi connectivity index (χ4n) is 3.38. The molecule has 1 atom stereocenters. The Morgan fingerprint density at radius 1 is 1.18 bits per heavy atom. The first-order valence-electron chi connectivity index (χ1n) is 8.37. The average molecular weight is 306 g/mol. The molecular formula is C15H26N6O. The summed E-state index contributed by atoms with van der Waals surface area (Å²) in [6, 6.07) is 0.504. The van der Waals surface area contributed by atoms with Crippen LogP contribution in [0.15, 0.2) is 6.20 Å². The maximum absolute atomic E-state index is 12.5. The molecule has 1 amide bonds. The second kappa shape index (κ2) is 6.75. The van der Waals surface area contributed by atoms with E-state index in [1.54, 1.807) is 11.0 Å². The van der Waals surface area contributed by atoms with Crippen molar-refractivity contribution >= 4 is 5.91 Å². The second-order valence-electron chi connectivity index (χ2n) is 6.08. The molecule has 0 aromatic carbocycles. The number of hydrogen-bond acceptors (Lipinski definition) is 5. The number of rotatable bonds is 4. The molecule has 1 aromatic heterocycles. The Hall–Kier alpha value is -1.47.